The molecule has 8 nitrogen and oxygen atoms in total. The summed E-state index contributed by atoms with van der Waals surface area (Å²) in [7, 11) is 1.65. The summed E-state index contributed by atoms with van der Waals surface area (Å²) in [6.45, 7) is 0.126. The van der Waals surface area contributed by atoms with Gasteiger partial charge in [-0.15, -0.1) is 0 Å². The van der Waals surface area contributed by atoms with E-state index in [-0.39, 0.29) is 30.3 Å². The molecule has 2 amide bonds. The van der Waals surface area contributed by atoms with E-state index < -0.39 is 5.54 Å². The number of aromatic nitrogens is 2. The van der Waals surface area contributed by atoms with Crippen LogP contribution in [0.2, 0.25) is 0 Å². The van der Waals surface area contributed by atoms with Gasteiger partial charge in [-0.25, -0.2) is 4.98 Å². The number of ether oxygens (including phenoxy) is 1. The Bertz CT molecular complexity index is 1510. The SMILES string of the molecule is COc1ccc(CC2(CCC(=O)NCc3nc4ccccc4c(=O)[nH]3)CCC(=O)N2)c2ccccc12. The molecule has 0 bridgehead atoms. The zero-order valence-corrected chi connectivity index (χ0v) is 20.1. The third-order valence-corrected chi connectivity index (χ3v) is 6.90. The van der Waals surface area contributed by atoms with Gasteiger partial charge in [0.25, 0.3) is 5.56 Å². The van der Waals surface area contributed by atoms with Gasteiger partial charge in [-0.05, 0) is 48.4 Å². The fraction of sp³-hybridized carbons (Fsp3) is 0.286. The fourth-order valence-electron chi connectivity index (χ4n) is 5.05. The molecular formula is C28H28N4O4. The fourth-order valence-corrected chi connectivity index (χ4v) is 5.05. The highest BCUT2D eigenvalue weighted by Crippen LogP contribution is 2.34. The van der Waals surface area contributed by atoms with E-state index in [0.717, 1.165) is 22.1 Å². The summed E-state index contributed by atoms with van der Waals surface area (Å²) >= 11 is 0. The zero-order chi connectivity index (χ0) is 25.1. The van der Waals surface area contributed by atoms with Crippen LogP contribution in [0, 0.1) is 0 Å². The molecule has 1 aliphatic rings. The number of aromatic amines is 1. The van der Waals surface area contributed by atoms with Crippen LogP contribution in [0.1, 0.15) is 37.1 Å². The van der Waals surface area contributed by atoms with Crippen molar-refractivity contribution in [2.24, 2.45) is 0 Å². The van der Waals surface area contributed by atoms with E-state index >= 15 is 0 Å². The highest BCUT2D eigenvalue weighted by Gasteiger charge is 2.38. The molecule has 1 aliphatic heterocycles. The maximum atomic E-state index is 12.7. The number of carbonyl (C=O) groups excluding carboxylic acids is 2. The molecule has 0 radical (unpaired) electrons. The molecule has 4 aromatic rings. The Morgan fingerprint density at radius 3 is 2.53 bits per heavy atom. The van der Waals surface area contributed by atoms with Crippen LogP contribution >= 0.6 is 0 Å². The van der Waals surface area contributed by atoms with Crippen molar-refractivity contribution >= 4 is 33.5 Å². The van der Waals surface area contributed by atoms with Gasteiger partial charge in [-0.3, -0.25) is 14.4 Å². The zero-order valence-electron chi connectivity index (χ0n) is 20.1. The summed E-state index contributed by atoms with van der Waals surface area (Å²) in [5.41, 5.74) is 0.961. The van der Waals surface area contributed by atoms with Crippen molar-refractivity contribution in [3.63, 3.8) is 0 Å². The lowest BCUT2D eigenvalue weighted by molar-refractivity contribution is -0.122. The van der Waals surface area contributed by atoms with Gasteiger partial charge < -0.3 is 20.4 Å². The van der Waals surface area contributed by atoms with E-state index in [4.69, 9.17) is 4.74 Å². The maximum absolute atomic E-state index is 12.7. The van der Waals surface area contributed by atoms with Crippen molar-refractivity contribution in [3.05, 3.63) is 82.4 Å². The normalized spacial score (nSPS) is 17.3. The number of benzene rings is 3. The van der Waals surface area contributed by atoms with Crippen molar-refractivity contribution in [1.82, 2.24) is 20.6 Å². The summed E-state index contributed by atoms with van der Waals surface area (Å²) < 4.78 is 5.52. The number of H-pyrrole nitrogens is 1. The second-order valence-electron chi connectivity index (χ2n) is 9.28. The molecule has 0 saturated carbocycles. The first-order chi connectivity index (χ1) is 17.5. The van der Waals surface area contributed by atoms with Crippen molar-refractivity contribution in [2.45, 2.75) is 44.2 Å². The third-order valence-electron chi connectivity index (χ3n) is 6.90. The molecule has 3 N–H and O–H groups in total. The number of hydrogen-bond acceptors (Lipinski definition) is 5. The minimum atomic E-state index is -0.499. The van der Waals surface area contributed by atoms with E-state index in [1.54, 1.807) is 25.3 Å². The predicted molar refractivity (Wildman–Crippen MR) is 138 cm³/mol. The third kappa shape index (κ3) is 4.79. The van der Waals surface area contributed by atoms with Gasteiger partial charge in [0, 0.05) is 23.8 Å². The molecule has 0 spiro atoms. The molecule has 3 aromatic carbocycles. The van der Waals surface area contributed by atoms with Gasteiger partial charge in [-0.1, -0.05) is 42.5 Å². The van der Waals surface area contributed by atoms with Crippen LogP contribution in [0.3, 0.4) is 0 Å². The van der Waals surface area contributed by atoms with Crippen molar-refractivity contribution in [2.75, 3.05) is 7.11 Å². The molecule has 1 saturated heterocycles. The second kappa shape index (κ2) is 9.81. The molecule has 1 unspecified atom stereocenters. The van der Waals surface area contributed by atoms with Gasteiger partial charge in [0.15, 0.2) is 0 Å². The highest BCUT2D eigenvalue weighted by molar-refractivity contribution is 5.91. The number of para-hydroxylation sites is 1. The Morgan fingerprint density at radius 1 is 1.03 bits per heavy atom. The first-order valence-corrected chi connectivity index (χ1v) is 12.1. The van der Waals surface area contributed by atoms with Crippen LogP contribution in [-0.4, -0.2) is 34.4 Å². The van der Waals surface area contributed by atoms with E-state index in [2.05, 4.69) is 26.7 Å². The van der Waals surface area contributed by atoms with E-state index in [1.165, 1.54) is 0 Å². The van der Waals surface area contributed by atoms with Crippen LogP contribution in [0.25, 0.3) is 21.7 Å². The van der Waals surface area contributed by atoms with Crippen LogP contribution in [0.4, 0.5) is 0 Å². The van der Waals surface area contributed by atoms with E-state index in [1.807, 2.05) is 36.4 Å². The second-order valence-corrected chi connectivity index (χ2v) is 9.28. The lowest BCUT2D eigenvalue weighted by Crippen LogP contribution is -2.44. The van der Waals surface area contributed by atoms with E-state index in [9.17, 15) is 14.4 Å². The number of hydrogen-bond donors (Lipinski definition) is 3. The minimum absolute atomic E-state index is 0.00571. The molecule has 2 heterocycles. The van der Waals surface area contributed by atoms with Crippen LogP contribution in [0.5, 0.6) is 5.75 Å². The molecule has 8 heteroatoms. The van der Waals surface area contributed by atoms with Gasteiger partial charge in [0.05, 0.1) is 24.6 Å². The average molecular weight is 485 g/mol. The Hall–Kier alpha value is -4.20. The summed E-state index contributed by atoms with van der Waals surface area (Å²) in [5, 5.41) is 8.62. The molecule has 1 aromatic heterocycles. The quantitative estimate of drug-likeness (QED) is 0.355. The number of rotatable bonds is 8. The molecule has 36 heavy (non-hydrogen) atoms. The number of methoxy groups -OCH3 is 1. The number of nitrogens with zero attached hydrogens (tertiary/aromatic N) is 1. The summed E-state index contributed by atoms with van der Waals surface area (Å²) in [6.07, 6.45) is 2.48. The first-order valence-electron chi connectivity index (χ1n) is 12.1. The van der Waals surface area contributed by atoms with Gasteiger partial charge in [-0.2, -0.15) is 0 Å². The summed E-state index contributed by atoms with van der Waals surface area (Å²) in [4.78, 5) is 44.4. The van der Waals surface area contributed by atoms with Crippen molar-refractivity contribution < 1.29 is 14.3 Å². The Balaban J connectivity index is 1.28. The topological polar surface area (TPSA) is 113 Å². The maximum Gasteiger partial charge on any atom is 0.258 e. The molecule has 1 atom stereocenters. The highest BCUT2D eigenvalue weighted by atomic mass is 16.5. The largest absolute Gasteiger partial charge is 0.496 e. The molecule has 184 valence electrons. The lowest BCUT2D eigenvalue weighted by Gasteiger charge is -2.30. The average Bonchev–Trinajstić information content (AvgIpc) is 3.27. The molecule has 0 aliphatic carbocycles. The number of fused-ring (bicyclic) bond motifs is 2. The van der Waals surface area contributed by atoms with Crippen LogP contribution in [0.15, 0.2) is 65.5 Å². The standard InChI is InChI=1S/C28H28N4O4/c1-36-23-11-10-18(19-6-2-3-7-20(19)23)16-28(15-13-26(34)32-28)14-12-25(33)29-17-24-30-22-9-5-4-8-21(22)27(35)31-24/h2-11H,12-17H2,1H3,(H,29,33)(H,32,34)(H,30,31,35). The smallest absolute Gasteiger partial charge is 0.258 e. The lowest BCUT2D eigenvalue weighted by atomic mass is 9.83. The Morgan fingerprint density at radius 2 is 1.78 bits per heavy atom. The monoisotopic (exact) mass is 484 g/mol. The minimum Gasteiger partial charge on any atom is -0.496 e. The molecule has 5 rings (SSSR count). The van der Waals surface area contributed by atoms with Gasteiger partial charge >= 0.3 is 0 Å². The summed E-state index contributed by atoms with van der Waals surface area (Å²) in [6, 6.07) is 19.1. The summed E-state index contributed by atoms with van der Waals surface area (Å²) in [5.74, 6) is 1.05. The number of carbonyl (C=O) groups is 2. The van der Waals surface area contributed by atoms with Gasteiger partial charge in [0.2, 0.25) is 11.8 Å². The van der Waals surface area contributed by atoms with Crippen LogP contribution in [-0.2, 0) is 22.6 Å². The molecule has 1 fully saturated rings. The first kappa shape index (κ1) is 23.5. The van der Waals surface area contributed by atoms with E-state index in [0.29, 0.717) is 42.4 Å². The Labute approximate surface area is 208 Å². The molecular weight excluding hydrogens is 456 g/mol. The number of nitrogens with one attached hydrogen (secondary N) is 3. The van der Waals surface area contributed by atoms with Crippen LogP contribution < -0.4 is 20.9 Å². The Kier molecular flexibility index (Phi) is 6.41. The van der Waals surface area contributed by atoms with Crippen molar-refractivity contribution in [1.29, 1.82) is 0 Å². The predicted octanol–water partition coefficient (Wildman–Crippen LogP) is 3.37. The van der Waals surface area contributed by atoms with Crippen molar-refractivity contribution in [3.8, 4) is 5.75 Å². The van der Waals surface area contributed by atoms with Gasteiger partial charge in [0.1, 0.15) is 11.6 Å². The number of amides is 2.